The molecule has 1 saturated heterocycles. The van der Waals surface area contributed by atoms with Crippen molar-refractivity contribution in [3.8, 4) is 0 Å². The van der Waals surface area contributed by atoms with Crippen LogP contribution in [-0.4, -0.2) is 67.0 Å². The molecule has 0 aliphatic carbocycles. The molecule has 0 aromatic carbocycles. The zero-order valence-electron chi connectivity index (χ0n) is 18.2. The van der Waals surface area contributed by atoms with Gasteiger partial charge >= 0.3 is 23.9 Å². The predicted molar refractivity (Wildman–Crippen MR) is 85.8 cm³/mol. The Labute approximate surface area is 159 Å². The first-order chi connectivity index (χ1) is 13.7. The molecule has 1 rings (SSSR count). The van der Waals surface area contributed by atoms with Crippen molar-refractivity contribution >= 4 is 29.8 Å². The van der Waals surface area contributed by atoms with Gasteiger partial charge in [0.25, 0.3) is 0 Å². The first kappa shape index (κ1) is 17.7. The lowest BCUT2D eigenvalue weighted by Crippen LogP contribution is -2.66. The van der Waals surface area contributed by atoms with Gasteiger partial charge in [0, 0.05) is 38.7 Å². The Hall–Kier alpha value is -2.69. The van der Waals surface area contributed by atoms with Crippen LogP contribution in [0.25, 0.3) is 0 Å². The monoisotopic (exact) mass is 392 g/mol. The summed E-state index contributed by atoms with van der Waals surface area (Å²) in [5.41, 5.74) is 0. The van der Waals surface area contributed by atoms with Crippen molar-refractivity contribution in [3.63, 3.8) is 0 Å². The molecule has 11 heteroatoms. The molecular formula is C16H23NO10. The van der Waals surface area contributed by atoms with Gasteiger partial charge < -0.3 is 29.0 Å². The van der Waals surface area contributed by atoms with E-state index in [1.807, 2.05) is 0 Å². The van der Waals surface area contributed by atoms with Crippen molar-refractivity contribution in [2.45, 2.75) is 65.2 Å². The Morgan fingerprint density at radius 2 is 1.44 bits per heavy atom. The maximum absolute atomic E-state index is 12.0. The van der Waals surface area contributed by atoms with E-state index in [1.54, 1.807) is 0 Å². The molecule has 152 valence electrons. The van der Waals surface area contributed by atoms with Gasteiger partial charge in [0.05, 0.1) is 0 Å². The molecule has 0 aromatic rings. The molecule has 0 bridgehead atoms. The van der Waals surface area contributed by atoms with E-state index in [4.69, 9.17) is 27.8 Å². The second-order valence-corrected chi connectivity index (χ2v) is 5.60. The minimum Gasteiger partial charge on any atom is -0.463 e. The lowest BCUT2D eigenvalue weighted by molar-refractivity contribution is -0.270. The van der Waals surface area contributed by atoms with Gasteiger partial charge in [-0.05, 0) is 0 Å². The summed E-state index contributed by atoms with van der Waals surface area (Å²) in [6.07, 6.45) is -5.88. The van der Waals surface area contributed by atoms with E-state index in [-0.39, 0.29) is 0 Å². The van der Waals surface area contributed by atoms with Crippen molar-refractivity contribution < 1.29 is 51.8 Å². The molecule has 11 nitrogen and oxygen atoms in total. The molecule has 0 radical (unpaired) electrons. The molecule has 1 aliphatic rings. The quantitative estimate of drug-likeness (QED) is 0.451. The van der Waals surface area contributed by atoms with Gasteiger partial charge in [-0.1, -0.05) is 0 Å². The number of esters is 4. The Bertz CT molecular complexity index is 695. The third-order valence-corrected chi connectivity index (χ3v) is 3.28. The second kappa shape index (κ2) is 9.86. The Morgan fingerprint density at radius 1 is 0.889 bits per heavy atom. The highest BCUT2D eigenvalue weighted by atomic mass is 16.7. The summed E-state index contributed by atoms with van der Waals surface area (Å²) in [5.74, 6) is -4.73. The fraction of sp³-hybridized carbons (Fsp3) is 0.688. The molecule has 0 spiro atoms. The SMILES string of the molecule is [2H]C([2H])([2H])C(=O)N[C@H]1[C@H](OC(C)=O)O[C@H](COC(C)=O)[C@@H](OC(C)=O)[C@@H]1OC(C)=O. The predicted octanol–water partition coefficient (Wildman–Crippen LogP) is -0.794. The van der Waals surface area contributed by atoms with Gasteiger partial charge in [-0.3, -0.25) is 24.0 Å². The van der Waals surface area contributed by atoms with Crippen molar-refractivity contribution in [3.05, 3.63) is 0 Å². The van der Waals surface area contributed by atoms with Crippen LogP contribution >= 0.6 is 0 Å². The number of hydrogen-bond acceptors (Lipinski definition) is 10. The fourth-order valence-corrected chi connectivity index (χ4v) is 2.47. The number of nitrogens with one attached hydrogen (secondary N) is 1. The number of rotatable bonds is 6. The van der Waals surface area contributed by atoms with Crippen LogP contribution in [0.2, 0.25) is 0 Å². The van der Waals surface area contributed by atoms with Crippen molar-refractivity contribution in [2.24, 2.45) is 0 Å². The molecular weight excluding hydrogens is 366 g/mol. The highest BCUT2D eigenvalue weighted by molar-refractivity contribution is 5.74. The largest absolute Gasteiger partial charge is 0.463 e. The summed E-state index contributed by atoms with van der Waals surface area (Å²) in [5, 5.41) is 2.08. The fourth-order valence-electron chi connectivity index (χ4n) is 2.47. The lowest BCUT2D eigenvalue weighted by Gasteiger charge is -2.44. The zero-order valence-corrected chi connectivity index (χ0v) is 15.2. The molecule has 1 fully saturated rings. The summed E-state index contributed by atoms with van der Waals surface area (Å²) < 4.78 is 47.3. The summed E-state index contributed by atoms with van der Waals surface area (Å²) in [7, 11) is 0. The summed E-state index contributed by atoms with van der Waals surface area (Å²) in [6, 6.07) is -1.55. The van der Waals surface area contributed by atoms with Crippen LogP contribution < -0.4 is 5.32 Å². The van der Waals surface area contributed by atoms with Crippen LogP contribution in [0.5, 0.6) is 0 Å². The Kier molecular flexibility index (Phi) is 6.46. The standard InChI is InChI=1S/C16H23NO10/c1-7(18)17-13-15(25-10(4)21)14(24-9(3)20)12(6-23-8(2)19)27-16(13)26-11(5)22/h12-16H,6H2,1-5H3,(H,17,18)/t12-,13-,14-,15-,16-/m1/s1/i1D3. The van der Waals surface area contributed by atoms with E-state index >= 15 is 0 Å². The van der Waals surface area contributed by atoms with Crippen LogP contribution in [0.3, 0.4) is 0 Å². The topological polar surface area (TPSA) is 144 Å². The van der Waals surface area contributed by atoms with E-state index in [1.165, 1.54) is 0 Å². The van der Waals surface area contributed by atoms with Crippen LogP contribution in [0.15, 0.2) is 0 Å². The normalized spacial score (nSPS) is 29.2. The Balaban J connectivity index is 3.39. The molecule has 0 unspecified atom stereocenters. The number of ether oxygens (including phenoxy) is 5. The number of carbonyl (C=O) groups excluding carboxylic acids is 5. The van der Waals surface area contributed by atoms with E-state index in [0.717, 1.165) is 27.7 Å². The molecule has 1 aliphatic heterocycles. The van der Waals surface area contributed by atoms with Crippen molar-refractivity contribution in [2.75, 3.05) is 6.61 Å². The van der Waals surface area contributed by atoms with E-state index in [9.17, 15) is 24.0 Å². The summed E-state index contributed by atoms with van der Waals surface area (Å²) in [4.78, 5) is 57.9. The molecule has 1 N–H and O–H groups in total. The van der Waals surface area contributed by atoms with Gasteiger partial charge in [-0.2, -0.15) is 0 Å². The highest BCUT2D eigenvalue weighted by Gasteiger charge is 2.52. The second-order valence-electron chi connectivity index (χ2n) is 5.60. The van der Waals surface area contributed by atoms with Gasteiger partial charge in [0.2, 0.25) is 12.2 Å². The average Bonchev–Trinajstić information content (AvgIpc) is 2.56. The maximum atomic E-state index is 12.0. The molecule has 27 heavy (non-hydrogen) atoms. The van der Waals surface area contributed by atoms with Crippen molar-refractivity contribution in [1.29, 1.82) is 0 Å². The van der Waals surface area contributed by atoms with Gasteiger partial charge in [-0.15, -0.1) is 0 Å². The van der Waals surface area contributed by atoms with Crippen LogP contribution in [0, 0.1) is 0 Å². The third kappa shape index (κ3) is 7.21. The maximum Gasteiger partial charge on any atom is 0.305 e. The summed E-state index contributed by atoms with van der Waals surface area (Å²) >= 11 is 0. The van der Waals surface area contributed by atoms with Gasteiger partial charge in [0.15, 0.2) is 12.2 Å². The lowest BCUT2D eigenvalue weighted by atomic mass is 9.96. The minimum absolute atomic E-state index is 0.483. The first-order valence-electron chi connectivity index (χ1n) is 9.33. The Morgan fingerprint density at radius 3 is 1.93 bits per heavy atom. The average molecular weight is 392 g/mol. The van der Waals surface area contributed by atoms with E-state index in [0.29, 0.717) is 0 Å². The number of carbonyl (C=O) groups is 5. The van der Waals surface area contributed by atoms with E-state index < -0.39 is 73.9 Å². The summed E-state index contributed by atoms with van der Waals surface area (Å²) in [6.45, 7) is 0.616. The molecule has 5 atom stereocenters. The van der Waals surface area contributed by atoms with Crippen LogP contribution in [0.1, 0.15) is 38.7 Å². The van der Waals surface area contributed by atoms with Gasteiger partial charge in [0.1, 0.15) is 18.8 Å². The smallest absolute Gasteiger partial charge is 0.305 e. The molecule has 1 amide bonds. The van der Waals surface area contributed by atoms with E-state index in [2.05, 4.69) is 5.32 Å². The minimum atomic E-state index is -3.09. The van der Waals surface area contributed by atoms with Crippen LogP contribution in [-0.2, 0) is 47.7 Å². The van der Waals surface area contributed by atoms with Crippen molar-refractivity contribution in [1.82, 2.24) is 5.32 Å². The number of amides is 1. The molecule has 0 aromatic heterocycles. The molecule has 1 heterocycles. The molecule has 0 saturated carbocycles. The zero-order chi connectivity index (χ0) is 23.2. The van der Waals surface area contributed by atoms with Gasteiger partial charge in [-0.25, -0.2) is 0 Å². The number of hydrogen-bond donors (Lipinski definition) is 1. The third-order valence-electron chi connectivity index (χ3n) is 3.28. The first-order valence-corrected chi connectivity index (χ1v) is 7.83. The van der Waals surface area contributed by atoms with Crippen LogP contribution in [0.4, 0.5) is 0 Å². The highest BCUT2D eigenvalue weighted by Crippen LogP contribution is 2.28.